The molecule has 0 aliphatic heterocycles. The van der Waals surface area contributed by atoms with Gasteiger partial charge in [0, 0.05) is 12.2 Å². The molecule has 0 unspecified atom stereocenters. The fourth-order valence-corrected chi connectivity index (χ4v) is 3.35. The van der Waals surface area contributed by atoms with E-state index >= 15 is 0 Å². The number of ether oxygens (including phenoxy) is 2. The van der Waals surface area contributed by atoms with E-state index < -0.39 is 0 Å². The van der Waals surface area contributed by atoms with E-state index in [1.165, 1.54) is 0 Å². The first-order valence-corrected chi connectivity index (χ1v) is 10.3. The molecule has 9 nitrogen and oxygen atoms in total. The first-order valence-electron chi connectivity index (χ1n) is 9.46. The zero-order valence-corrected chi connectivity index (χ0v) is 18.8. The predicted octanol–water partition coefficient (Wildman–Crippen LogP) is 3.57. The van der Waals surface area contributed by atoms with Gasteiger partial charge in [0.2, 0.25) is 5.95 Å². The quantitative estimate of drug-likeness (QED) is 0.422. The molecule has 3 rings (SSSR count). The molecular weight excluding hydrogens is 464 g/mol. The summed E-state index contributed by atoms with van der Waals surface area (Å²) in [5.41, 5.74) is 2.74. The Morgan fingerprint density at radius 2 is 2.06 bits per heavy atom. The average Bonchev–Trinajstić information content (AvgIpc) is 3.20. The number of allylic oxidation sites excluding steroid dienone is 1. The summed E-state index contributed by atoms with van der Waals surface area (Å²) in [6.45, 7) is 6.48. The van der Waals surface area contributed by atoms with Crippen LogP contribution in [0.15, 0.2) is 53.5 Å². The number of carbonyl (C=O) groups excluding carboxylic acids is 1. The van der Waals surface area contributed by atoms with Gasteiger partial charge < -0.3 is 20.1 Å². The van der Waals surface area contributed by atoms with Crippen LogP contribution in [0.4, 0.5) is 11.6 Å². The number of nitrogens with zero attached hydrogens (tertiary/aromatic N) is 4. The number of hydrogen-bond acceptors (Lipinski definition) is 7. The fourth-order valence-electron chi connectivity index (χ4n) is 2.74. The van der Waals surface area contributed by atoms with E-state index in [1.807, 2.05) is 43.3 Å². The second kappa shape index (κ2) is 10.6. The Kier molecular flexibility index (Phi) is 7.60. The molecule has 0 atom stereocenters. The van der Waals surface area contributed by atoms with Gasteiger partial charge in [-0.25, -0.2) is 4.68 Å². The SMILES string of the molecule is C=CCn1nnnc1NCc1cc(Br)c(OCC(=O)Nc2ccc(C)cc2)c(OC)c1. The molecule has 0 saturated heterocycles. The van der Waals surface area contributed by atoms with Gasteiger partial charge in [0.25, 0.3) is 5.91 Å². The minimum absolute atomic E-state index is 0.156. The lowest BCUT2D eigenvalue weighted by Crippen LogP contribution is -2.20. The number of aromatic nitrogens is 4. The molecule has 162 valence electrons. The number of tetrazole rings is 1. The van der Waals surface area contributed by atoms with Gasteiger partial charge in [-0.1, -0.05) is 28.9 Å². The second-order valence-electron chi connectivity index (χ2n) is 6.64. The molecule has 0 aliphatic rings. The van der Waals surface area contributed by atoms with Gasteiger partial charge in [-0.3, -0.25) is 4.79 Å². The van der Waals surface area contributed by atoms with Gasteiger partial charge in [0.15, 0.2) is 18.1 Å². The van der Waals surface area contributed by atoms with E-state index in [4.69, 9.17) is 9.47 Å². The molecule has 0 radical (unpaired) electrons. The lowest BCUT2D eigenvalue weighted by atomic mass is 10.2. The smallest absolute Gasteiger partial charge is 0.262 e. The van der Waals surface area contributed by atoms with Crippen molar-refractivity contribution in [1.82, 2.24) is 20.2 Å². The summed E-state index contributed by atoms with van der Waals surface area (Å²) in [5.74, 6) is 1.21. The summed E-state index contributed by atoms with van der Waals surface area (Å²) in [5, 5.41) is 17.5. The van der Waals surface area contributed by atoms with Crippen LogP contribution in [0.5, 0.6) is 11.5 Å². The van der Waals surface area contributed by atoms with Crippen LogP contribution in [0, 0.1) is 6.92 Å². The van der Waals surface area contributed by atoms with Gasteiger partial charge in [0.1, 0.15) is 0 Å². The monoisotopic (exact) mass is 486 g/mol. The Morgan fingerprint density at radius 1 is 1.29 bits per heavy atom. The summed E-state index contributed by atoms with van der Waals surface area (Å²) in [6, 6.07) is 11.3. The molecule has 0 saturated carbocycles. The predicted molar refractivity (Wildman–Crippen MR) is 121 cm³/mol. The van der Waals surface area contributed by atoms with Crippen LogP contribution in [0.3, 0.4) is 0 Å². The van der Waals surface area contributed by atoms with Crippen LogP contribution in [-0.2, 0) is 17.9 Å². The Bertz CT molecular complexity index is 1050. The normalized spacial score (nSPS) is 10.4. The van der Waals surface area contributed by atoms with Gasteiger partial charge in [-0.2, -0.15) is 0 Å². The minimum atomic E-state index is -0.266. The van der Waals surface area contributed by atoms with Crippen molar-refractivity contribution in [2.24, 2.45) is 0 Å². The summed E-state index contributed by atoms with van der Waals surface area (Å²) >= 11 is 3.50. The Morgan fingerprint density at radius 3 is 2.77 bits per heavy atom. The van der Waals surface area contributed by atoms with Crippen LogP contribution in [-0.4, -0.2) is 39.8 Å². The zero-order valence-electron chi connectivity index (χ0n) is 17.3. The number of anilines is 2. The lowest BCUT2D eigenvalue weighted by molar-refractivity contribution is -0.118. The highest BCUT2D eigenvalue weighted by Crippen LogP contribution is 2.36. The van der Waals surface area contributed by atoms with Crippen molar-refractivity contribution in [3.8, 4) is 11.5 Å². The van der Waals surface area contributed by atoms with Crippen molar-refractivity contribution in [3.05, 3.63) is 64.7 Å². The average molecular weight is 487 g/mol. The van der Waals surface area contributed by atoms with E-state index in [-0.39, 0.29) is 12.5 Å². The maximum atomic E-state index is 12.2. The molecule has 0 bridgehead atoms. The minimum Gasteiger partial charge on any atom is -0.493 e. The Hall–Kier alpha value is -3.40. The largest absolute Gasteiger partial charge is 0.493 e. The number of aryl methyl sites for hydroxylation is 1. The third-order valence-electron chi connectivity index (χ3n) is 4.26. The third-order valence-corrected chi connectivity index (χ3v) is 4.85. The van der Waals surface area contributed by atoms with Crippen molar-refractivity contribution in [2.75, 3.05) is 24.4 Å². The van der Waals surface area contributed by atoms with E-state index in [2.05, 4.69) is 48.7 Å². The number of hydrogen-bond donors (Lipinski definition) is 2. The maximum Gasteiger partial charge on any atom is 0.262 e. The summed E-state index contributed by atoms with van der Waals surface area (Å²) in [4.78, 5) is 12.2. The molecule has 3 aromatic rings. The molecule has 10 heteroatoms. The zero-order chi connectivity index (χ0) is 22.2. The summed E-state index contributed by atoms with van der Waals surface area (Å²) in [6.07, 6.45) is 1.71. The molecular formula is C21H23BrN6O3. The van der Waals surface area contributed by atoms with Crippen molar-refractivity contribution in [2.45, 2.75) is 20.0 Å². The standard InChI is InChI=1S/C21H23BrN6O3/c1-4-9-28-21(25-26-27-28)23-12-15-10-17(22)20(18(11-15)30-3)31-13-19(29)24-16-7-5-14(2)6-8-16/h4-8,10-11H,1,9,12-13H2,2-3H3,(H,24,29)(H,23,25,27). The Balaban J connectivity index is 1.63. The molecule has 2 N–H and O–H groups in total. The van der Waals surface area contributed by atoms with E-state index in [0.717, 1.165) is 11.1 Å². The highest BCUT2D eigenvalue weighted by molar-refractivity contribution is 9.10. The van der Waals surface area contributed by atoms with Crippen molar-refractivity contribution in [3.63, 3.8) is 0 Å². The Labute approximate surface area is 188 Å². The lowest BCUT2D eigenvalue weighted by Gasteiger charge is -2.15. The second-order valence-corrected chi connectivity index (χ2v) is 7.49. The van der Waals surface area contributed by atoms with E-state index in [9.17, 15) is 4.79 Å². The van der Waals surface area contributed by atoms with Crippen molar-refractivity contribution < 1.29 is 14.3 Å². The summed E-state index contributed by atoms with van der Waals surface area (Å²) in [7, 11) is 1.54. The molecule has 0 aliphatic carbocycles. The van der Waals surface area contributed by atoms with Crippen LogP contribution in [0.1, 0.15) is 11.1 Å². The highest BCUT2D eigenvalue weighted by atomic mass is 79.9. The molecule has 31 heavy (non-hydrogen) atoms. The van der Waals surface area contributed by atoms with Crippen LogP contribution in [0.2, 0.25) is 0 Å². The number of carbonyl (C=O) groups is 1. The topological polar surface area (TPSA) is 103 Å². The molecule has 0 fully saturated rings. The van der Waals surface area contributed by atoms with Gasteiger partial charge in [0.05, 0.1) is 18.1 Å². The summed E-state index contributed by atoms with van der Waals surface area (Å²) < 4.78 is 13.4. The van der Waals surface area contributed by atoms with Gasteiger partial charge >= 0.3 is 0 Å². The molecule has 1 aromatic heterocycles. The number of halogens is 1. The number of methoxy groups -OCH3 is 1. The third kappa shape index (κ3) is 6.05. The molecule has 0 spiro atoms. The maximum absolute atomic E-state index is 12.2. The van der Waals surface area contributed by atoms with Gasteiger partial charge in [-0.05, 0) is 63.1 Å². The molecule has 1 heterocycles. The van der Waals surface area contributed by atoms with E-state index in [0.29, 0.717) is 40.7 Å². The van der Waals surface area contributed by atoms with E-state index in [1.54, 1.807) is 17.9 Å². The van der Waals surface area contributed by atoms with Crippen LogP contribution in [0.25, 0.3) is 0 Å². The van der Waals surface area contributed by atoms with Crippen molar-refractivity contribution >= 4 is 33.5 Å². The number of rotatable bonds is 10. The molecule has 2 aromatic carbocycles. The number of nitrogens with one attached hydrogen (secondary N) is 2. The van der Waals surface area contributed by atoms with Crippen molar-refractivity contribution in [1.29, 1.82) is 0 Å². The first kappa shape index (κ1) is 22.3. The molecule has 1 amide bonds. The first-order chi connectivity index (χ1) is 15.0. The highest BCUT2D eigenvalue weighted by Gasteiger charge is 2.14. The van der Waals surface area contributed by atoms with Crippen LogP contribution < -0.4 is 20.1 Å². The van der Waals surface area contributed by atoms with Gasteiger partial charge in [-0.15, -0.1) is 6.58 Å². The number of benzene rings is 2. The van der Waals surface area contributed by atoms with Crippen LogP contribution >= 0.6 is 15.9 Å². The fraction of sp³-hybridized carbons (Fsp3) is 0.238. The number of amides is 1.